The van der Waals surface area contributed by atoms with E-state index in [0.717, 1.165) is 10.5 Å². The molecule has 122 valence electrons. The van der Waals surface area contributed by atoms with Crippen molar-refractivity contribution >= 4 is 39.0 Å². The SMILES string of the molecule is O=C(C[C@@]1(O)C(=O)Nc2ccc([N+](=O)[O-])cc21)c1ccc(Br)cc1. The van der Waals surface area contributed by atoms with Gasteiger partial charge in [0.05, 0.1) is 11.3 Å². The van der Waals surface area contributed by atoms with Gasteiger partial charge in [0.25, 0.3) is 11.6 Å². The number of hydrogen-bond donors (Lipinski definition) is 2. The third-order valence-electron chi connectivity index (χ3n) is 3.87. The van der Waals surface area contributed by atoms with Crippen LogP contribution in [0.5, 0.6) is 0 Å². The fourth-order valence-electron chi connectivity index (χ4n) is 2.59. The van der Waals surface area contributed by atoms with Crippen LogP contribution in [-0.4, -0.2) is 21.7 Å². The molecule has 1 aliphatic heterocycles. The first kappa shape index (κ1) is 16.3. The molecule has 0 unspecified atom stereocenters. The van der Waals surface area contributed by atoms with Crippen LogP contribution in [0, 0.1) is 10.1 Å². The van der Waals surface area contributed by atoms with Crippen LogP contribution in [0.2, 0.25) is 0 Å². The van der Waals surface area contributed by atoms with Crippen molar-refractivity contribution in [2.75, 3.05) is 5.32 Å². The van der Waals surface area contributed by atoms with Gasteiger partial charge >= 0.3 is 0 Å². The molecule has 0 saturated heterocycles. The lowest BCUT2D eigenvalue weighted by molar-refractivity contribution is -0.385. The summed E-state index contributed by atoms with van der Waals surface area (Å²) in [4.78, 5) is 34.9. The molecule has 1 heterocycles. The maximum atomic E-state index is 12.4. The third kappa shape index (κ3) is 2.70. The minimum absolute atomic E-state index is 0.0344. The van der Waals surface area contributed by atoms with Crippen LogP contribution in [-0.2, 0) is 10.4 Å². The maximum Gasteiger partial charge on any atom is 0.269 e. The highest BCUT2D eigenvalue weighted by Crippen LogP contribution is 2.40. The zero-order valence-electron chi connectivity index (χ0n) is 12.2. The van der Waals surface area contributed by atoms with E-state index < -0.39 is 28.6 Å². The molecule has 2 N–H and O–H groups in total. The number of nitro groups is 1. The summed E-state index contributed by atoms with van der Waals surface area (Å²) in [6.45, 7) is 0. The van der Waals surface area contributed by atoms with E-state index in [4.69, 9.17) is 0 Å². The topological polar surface area (TPSA) is 110 Å². The summed E-state index contributed by atoms with van der Waals surface area (Å²) in [5.74, 6) is -1.22. The number of fused-ring (bicyclic) bond motifs is 1. The first-order valence-electron chi connectivity index (χ1n) is 6.93. The Hall–Kier alpha value is -2.58. The van der Waals surface area contributed by atoms with Crippen LogP contribution in [0.3, 0.4) is 0 Å². The molecule has 7 nitrogen and oxygen atoms in total. The molecular weight excluding hydrogens is 380 g/mol. The van der Waals surface area contributed by atoms with E-state index in [-0.39, 0.29) is 16.9 Å². The van der Waals surface area contributed by atoms with Crippen molar-refractivity contribution in [3.05, 3.63) is 68.2 Å². The number of non-ortho nitro benzene ring substituents is 1. The summed E-state index contributed by atoms with van der Waals surface area (Å²) in [6, 6.07) is 10.2. The summed E-state index contributed by atoms with van der Waals surface area (Å²) < 4.78 is 0.789. The number of nitrogens with zero attached hydrogens (tertiary/aromatic N) is 1. The van der Waals surface area contributed by atoms with E-state index in [0.29, 0.717) is 5.56 Å². The Kier molecular flexibility index (Phi) is 3.94. The number of carbonyl (C=O) groups is 2. The Morgan fingerprint density at radius 2 is 1.92 bits per heavy atom. The Morgan fingerprint density at radius 1 is 1.25 bits per heavy atom. The second-order valence-corrected chi connectivity index (χ2v) is 6.32. The highest BCUT2D eigenvalue weighted by Gasteiger charge is 2.47. The molecule has 0 saturated carbocycles. The predicted octanol–water partition coefficient (Wildman–Crippen LogP) is 2.77. The van der Waals surface area contributed by atoms with Crippen LogP contribution >= 0.6 is 15.9 Å². The summed E-state index contributed by atoms with van der Waals surface area (Å²) in [6.07, 6.45) is -0.505. The van der Waals surface area contributed by atoms with Gasteiger partial charge < -0.3 is 10.4 Å². The molecule has 1 aliphatic rings. The summed E-state index contributed by atoms with van der Waals surface area (Å²) in [5, 5.41) is 24.1. The van der Waals surface area contributed by atoms with Crippen molar-refractivity contribution < 1.29 is 19.6 Å². The second kappa shape index (κ2) is 5.81. The number of halogens is 1. The number of nitrogens with one attached hydrogen (secondary N) is 1. The Balaban J connectivity index is 1.97. The summed E-state index contributed by atoms with van der Waals surface area (Å²) in [5.41, 5.74) is -1.77. The van der Waals surface area contributed by atoms with Crippen molar-refractivity contribution in [2.24, 2.45) is 0 Å². The minimum Gasteiger partial charge on any atom is -0.375 e. The molecule has 2 aromatic carbocycles. The molecule has 24 heavy (non-hydrogen) atoms. The minimum atomic E-state index is -2.13. The second-order valence-electron chi connectivity index (χ2n) is 5.41. The van der Waals surface area contributed by atoms with Crippen LogP contribution in [0.4, 0.5) is 11.4 Å². The molecular formula is C16H11BrN2O5. The average molecular weight is 391 g/mol. The molecule has 0 fully saturated rings. The Labute approximate surface area is 144 Å². The van der Waals surface area contributed by atoms with Crippen molar-refractivity contribution in [3.63, 3.8) is 0 Å². The lowest BCUT2D eigenvalue weighted by Crippen LogP contribution is -2.36. The van der Waals surface area contributed by atoms with Gasteiger partial charge in [-0.3, -0.25) is 19.7 Å². The first-order valence-corrected chi connectivity index (χ1v) is 7.72. The highest BCUT2D eigenvalue weighted by molar-refractivity contribution is 9.10. The average Bonchev–Trinajstić information content (AvgIpc) is 2.78. The number of rotatable bonds is 4. The Bertz CT molecular complexity index is 865. The van der Waals surface area contributed by atoms with Crippen molar-refractivity contribution in [2.45, 2.75) is 12.0 Å². The lowest BCUT2D eigenvalue weighted by Gasteiger charge is -2.19. The lowest BCUT2D eigenvalue weighted by atomic mass is 9.88. The molecule has 2 aromatic rings. The highest BCUT2D eigenvalue weighted by atomic mass is 79.9. The summed E-state index contributed by atoms with van der Waals surface area (Å²) >= 11 is 3.26. The fraction of sp³-hybridized carbons (Fsp3) is 0.125. The van der Waals surface area contributed by atoms with Crippen molar-refractivity contribution in [3.8, 4) is 0 Å². The van der Waals surface area contributed by atoms with E-state index in [1.54, 1.807) is 24.3 Å². The molecule has 0 aliphatic carbocycles. The van der Waals surface area contributed by atoms with Crippen LogP contribution in [0.25, 0.3) is 0 Å². The van der Waals surface area contributed by atoms with E-state index >= 15 is 0 Å². The molecule has 1 amide bonds. The molecule has 1 atom stereocenters. The van der Waals surface area contributed by atoms with E-state index in [1.165, 1.54) is 12.1 Å². The number of Topliss-reactive ketones (excluding diaryl/α,β-unsaturated/α-hetero) is 1. The number of anilines is 1. The van der Waals surface area contributed by atoms with Gasteiger partial charge in [-0.2, -0.15) is 0 Å². The maximum absolute atomic E-state index is 12.4. The number of aliphatic hydroxyl groups is 1. The first-order chi connectivity index (χ1) is 11.3. The number of amides is 1. The fourth-order valence-corrected chi connectivity index (χ4v) is 2.86. The van der Waals surface area contributed by atoms with Gasteiger partial charge in [-0.25, -0.2) is 0 Å². The Morgan fingerprint density at radius 3 is 2.54 bits per heavy atom. The largest absolute Gasteiger partial charge is 0.375 e. The van der Waals surface area contributed by atoms with E-state index in [9.17, 15) is 24.8 Å². The monoisotopic (exact) mass is 390 g/mol. The number of nitro benzene ring substituents is 1. The molecule has 8 heteroatoms. The number of benzene rings is 2. The third-order valence-corrected chi connectivity index (χ3v) is 4.39. The molecule has 0 aromatic heterocycles. The number of carbonyl (C=O) groups excluding carboxylic acids is 2. The van der Waals surface area contributed by atoms with Gasteiger partial charge in [0.1, 0.15) is 0 Å². The molecule has 0 radical (unpaired) electrons. The van der Waals surface area contributed by atoms with Gasteiger partial charge in [-0.1, -0.05) is 28.1 Å². The number of hydrogen-bond acceptors (Lipinski definition) is 5. The molecule has 0 bridgehead atoms. The zero-order valence-corrected chi connectivity index (χ0v) is 13.7. The van der Waals surface area contributed by atoms with Crippen LogP contribution < -0.4 is 5.32 Å². The van der Waals surface area contributed by atoms with E-state index in [1.807, 2.05) is 0 Å². The van der Waals surface area contributed by atoms with E-state index in [2.05, 4.69) is 21.2 Å². The van der Waals surface area contributed by atoms with Gasteiger partial charge in [0.15, 0.2) is 11.4 Å². The predicted molar refractivity (Wildman–Crippen MR) is 88.7 cm³/mol. The van der Waals surface area contributed by atoms with Gasteiger partial charge in [-0.05, 0) is 18.2 Å². The van der Waals surface area contributed by atoms with Crippen LogP contribution in [0.1, 0.15) is 22.3 Å². The van der Waals surface area contributed by atoms with Crippen molar-refractivity contribution in [1.82, 2.24) is 0 Å². The van der Waals surface area contributed by atoms with Gasteiger partial charge in [0, 0.05) is 33.4 Å². The van der Waals surface area contributed by atoms with Gasteiger partial charge in [-0.15, -0.1) is 0 Å². The van der Waals surface area contributed by atoms with Crippen molar-refractivity contribution in [1.29, 1.82) is 0 Å². The smallest absolute Gasteiger partial charge is 0.269 e. The normalized spacial score (nSPS) is 18.8. The number of ketones is 1. The summed E-state index contributed by atoms with van der Waals surface area (Å²) in [7, 11) is 0. The zero-order chi connectivity index (χ0) is 17.5. The molecule has 3 rings (SSSR count). The quantitative estimate of drug-likeness (QED) is 0.473. The molecule has 0 spiro atoms. The van der Waals surface area contributed by atoms with Crippen LogP contribution in [0.15, 0.2) is 46.9 Å². The van der Waals surface area contributed by atoms with Gasteiger partial charge in [0.2, 0.25) is 0 Å². The standard InChI is InChI=1S/C16H11BrN2O5/c17-10-3-1-9(2-4-10)14(20)8-16(22)12-7-11(19(23)24)5-6-13(12)18-15(16)21/h1-7,22H,8H2,(H,18,21)/t16-/m0/s1.